The molecule has 0 saturated carbocycles. The molecule has 0 fully saturated rings. The fourth-order valence-electron chi connectivity index (χ4n) is 3.49. The lowest BCUT2D eigenvalue weighted by atomic mass is 10.0. The lowest BCUT2D eigenvalue weighted by Crippen LogP contribution is -2.12. The van der Waals surface area contributed by atoms with Crippen LogP contribution in [0, 0.1) is 20.2 Å². The molecule has 0 heterocycles. The number of nitro groups is 2. The first-order chi connectivity index (χ1) is 18.1. The standard InChI is InChI=1S/C26H18N4O8/c31-23-13-17(5-11-21(23)27-25(33)15-1-7-19(8-2-15)29(35)36)18-6-12-22(24(32)14-18)28-26(34)16-3-9-20(10-4-16)30(37)38/h1-14,31-32H,(H,27,33)(H,28,34). The molecule has 4 aromatic rings. The van der Waals surface area contributed by atoms with Crippen LogP contribution in [0.5, 0.6) is 11.5 Å². The SMILES string of the molecule is O=C(Nc1ccc(-c2ccc(NC(=O)c3ccc([N+](=O)[O-])cc3)c(O)c2)cc1O)c1ccc([N+](=O)[O-])cc1. The zero-order valence-corrected chi connectivity index (χ0v) is 19.3. The molecule has 4 N–H and O–H groups in total. The average Bonchev–Trinajstić information content (AvgIpc) is 2.91. The minimum absolute atomic E-state index is 0.105. The monoisotopic (exact) mass is 514 g/mol. The van der Waals surface area contributed by atoms with Crippen LogP contribution < -0.4 is 10.6 Å². The van der Waals surface area contributed by atoms with Crippen LogP contribution in [0.15, 0.2) is 84.9 Å². The molecule has 0 spiro atoms. The van der Waals surface area contributed by atoms with E-state index in [1.54, 1.807) is 12.1 Å². The summed E-state index contributed by atoms with van der Waals surface area (Å²) in [5.41, 5.74) is 1.22. The van der Waals surface area contributed by atoms with Crippen molar-refractivity contribution in [1.29, 1.82) is 0 Å². The van der Waals surface area contributed by atoms with E-state index >= 15 is 0 Å². The van der Waals surface area contributed by atoms with Gasteiger partial charge in [0.2, 0.25) is 0 Å². The Morgan fingerprint density at radius 3 is 1.21 bits per heavy atom. The van der Waals surface area contributed by atoms with Gasteiger partial charge in [0, 0.05) is 35.4 Å². The third-order valence-electron chi connectivity index (χ3n) is 5.51. The Morgan fingerprint density at radius 1 is 0.579 bits per heavy atom. The van der Waals surface area contributed by atoms with Gasteiger partial charge in [-0.05, 0) is 59.7 Å². The maximum absolute atomic E-state index is 12.4. The lowest BCUT2D eigenvalue weighted by Gasteiger charge is -2.12. The number of carbonyl (C=O) groups is 2. The second-order valence-corrected chi connectivity index (χ2v) is 7.98. The summed E-state index contributed by atoms with van der Waals surface area (Å²) >= 11 is 0. The van der Waals surface area contributed by atoms with Crippen LogP contribution in [0.3, 0.4) is 0 Å². The number of hydrogen-bond donors (Lipinski definition) is 4. The second kappa shape index (κ2) is 10.5. The normalized spacial score (nSPS) is 10.4. The van der Waals surface area contributed by atoms with Crippen LogP contribution in [0.2, 0.25) is 0 Å². The number of nitrogens with one attached hydrogen (secondary N) is 2. The number of nitrogens with zero attached hydrogens (tertiary/aromatic N) is 2. The van der Waals surface area contributed by atoms with E-state index < -0.39 is 21.7 Å². The molecule has 0 aromatic heterocycles. The maximum Gasteiger partial charge on any atom is 0.269 e. The maximum atomic E-state index is 12.4. The molecular formula is C26H18N4O8. The van der Waals surface area contributed by atoms with Crippen molar-refractivity contribution >= 4 is 34.6 Å². The van der Waals surface area contributed by atoms with Crippen LogP contribution in [0.25, 0.3) is 11.1 Å². The molecule has 0 saturated heterocycles. The van der Waals surface area contributed by atoms with E-state index in [9.17, 15) is 40.0 Å². The minimum Gasteiger partial charge on any atom is -0.506 e. The molecule has 12 heteroatoms. The van der Waals surface area contributed by atoms with E-state index in [0.29, 0.717) is 11.1 Å². The number of amides is 2. The number of benzene rings is 4. The van der Waals surface area contributed by atoms with Gasteiger partial charge in [0.1, 0.15) is 11.5 Å². The first kappa shape index (κ1) is 25.3. The molecule has 2 amide bonds. The highest BCUT2D eigenvalue weighted by atomic mass is 16.6. The third-order valence-corrected chi connectivity index (χ3v) is 5.51. The Balaban J connectivity index is 1.46. The minimum atomic E-state index is -0.580. The first-order valence-corrected chi connectivity index (χ1v) is 10.9. The van der Waals surface area contributed by atoms with Crippen molar-refractivity contribution in [3.8, 4) is 22.6 Å². The number of non-ortho nitro benzene ring substituents is 2. The number of phenolic OH excluding ortho intramolecular Hbond substituents is 2. The molecule has 0 atom stereocenters. The Bertz CT molecular complexity index is 1450. The van der Waals surface area contributed by atoms with Crippen molar-refractivity contribution in [3.63, 3.8) is 0 Å². The van der Waals surface area contributed by atoms with Gasteiger partial charge < -0.3 is 20.8 Å². The molecule has 0 aliphatic heterocycles. The van der Waals surface area contributed by atoms with E-state index in [1.165, 1.54) is 72.8 Å². The fourth-order valence-corrected chi connectivity index (χ4v) is 3.49. The summed E-state index contributed by atoms with van der Waals surface area (Å²) in [6.45, 7) is 0. The zero-order valence-electron chi connectivity index (χ0n) is 19.3. The summed E-state index contributed by atoms with van der Waals surface area (Å²) in [5.74, 6) is -1.66. The van der Waals surface area contributed by atoms with Gasteiger partial charge in [-0.15, -0.1) is 0 Å². The number of rotatable bonds is 7. The third kappa shape index (κ3) is 5.54. The molecule has 12 nitrogen and oxygen atoms in total. The van der Waals surface area contributed by atoms with Gasteiger partial charge in [-0.25, -0.2) is 0 Å². The van der Waals surface area contributed by atoms with Crippen LogP contribution in [0.4, 0.5) is 22.7 Å². The molecule has 0 bridgehead atoms. The highest BCUT2D eigenvalue weighted by molar-refractivity contribution is 6.06. The smallest absolute Gasteiger partial charge is 0.269 e. The van der Waals surface area contributed by atoms with Gasteiger partial charge in [0.05, 0.1) is 21.2 Å². The summed E-state index contributed by atoms with van der Waals surface area (Å²) in [4.78, 5) is 45.2. The number of aromatic hydroxyl groups is 2. The van der Waals surface area contributed by atoms with Crippen molar-refractivity contribution in [3.05, 3.63) is 116 Å². The summed E-state index contributed by atoms with van der Waals surface area (Å²) < 4.78 is 0. The number of phenols is 2. The number of carbonyl (C=O) groups excluding carboxylic acids is 2. The summed E-state index contributed by atoms with van der Waals surface area (Å²) in [6, 6.07) is 18.8. The van der Waals surface area contributed by atoms with Crippen molar-refractivity contribution in [2.75, 3.05) is 10.6 Å². The summed E-state index contributed by atoms with van der Waals surface area (Å²) in [7, 11) is 0. The predicted octanol–water partition coefficient (Wildman–Crippen LogP) is 5.09. The number of anilines is 2. The van der Waals surface area contributed by atoms with Gasteiger partial charge in [-0.1, -0.05) is 12.1 Å². The predicted molar refractivity (Wildman–Crippen MR) is 137 cm³/mol. The highest BCUT2D eigenvalue weighted by Crippen LogP contribution is 2.34. The van der Waals surface area contributed by atoms with Gasteiger partial charge in [-0.2, -0.15) is 0 Å². The lowest BCUT2D eigenvalue weighted by molar-refractivity contribution is -0.385. The van der Waals surface area contributed by atoms with Crippen molar-refractivity contribution < 1.29 is 29.6 Å². The van der Waals surface area contributed by atoms with E-state index in [4.69, 9.17) is 0 Å². The Morgan fingerprint density at radius 2 is 0.921 bits per heavy atom. The van der Waals surface area contributed by atoms with E-state index in [2.05, 4.69) is 10.6 Å². The number of hydrogen-bond acceptors (Lipinski definition) is 8. The molecule has 0 aliphatic carbocycles. The zero-order chi connectivity index (χ0) is 27.4. The highest BCUT2D eigenvalue weighted by Gasteiger charge is 2.15. The number of nitro benzene ring substituents is 2. The largest absolute Gasteiger partial charge is 0.506 e. The van der Waals surface area contributed by atoms with Crippen LogP contribution in [-0.4, -0.2) is 31.9 Å². The van der Waals surface area contributed by atoms with Crippen molar-refractivity contribution in [1.82, 2.24) is 0 Å². The van der Waals surface area contributed by atoms with Crippen molar-refractivity contribution in [2.24, 2.45) is 0 Å². The summed E-state index contributed by atoms with van der Waals surface area (Å²) in [6.07, 6.45) is 0. The Kier molecular flexibility index (Phi) is 6.97. The molecular weight excluding hydrogens is 496 g/mol. The van der Waals surface area contributed by atoms with Crippen molar-refractivity contribution in [2.45, 2.75) is 0 Å². The van der Waals surface area contributed by atoms with Crippen LogP contribution >= 0.6 is 0 Å². The summed E-state index contributed by atoms with van der Waals surface area (Å²) in [5, 5.41) is 47.4. The first-order valence-electron chi connectivity index (χ1n) is 10.9. The quantitative estimate of drug-likeness (QED) is 0.149. The van der Waals surface area contributed by atoms with Gasteiger partial charge in [0.25, 0.3) is 23.2 Å². The van der Waals surface area contributed by atoms with Gasteiger partial charge in [0.15, 0.2) is 0 Å². The fraction of sp³-hybridized carbons (Fsp3) is 0. The van der Waals surface area contributed by atoms with Crippen LogP contribution in [0.1, 0.15) is 20.7 Å². The molecule has 4 aromatic carbocycles. The Hall–Kier alpha value is -5.78. The van der Waals surface area contributed by atoms with E-state index in [0.717, 1.165) is 0 Å². The van der Waals surface area contributed by atoms with Gasteiger partial charge >= 0.3 is 0 Å². The molecule has 0 unspecified atom stereocenters. The van der Waals surface area contributed by atoms with Crippen LogP contribution in [-0.2, 0) is 0 Å². The molecule has 190 valence electrons. The van der Waals surface area contributed by atoms with E-state index in [-0.39, 0.29) is 45.4 Å². The Labute approximate surface area is 214 Å². The van der Waals surface area contributed by atoms with Gasteiger partial charge in [-0.3, -0.25) is 29.8 Å². The molecule has 0 aliphatic rings. The topological polar surface area (TPSA) is 185 Å². The second-order valence-electron chi connectivity index (χ2n) is 7.98. The van der Waals surface area contributed by atoms with E-state index in [1.807, 2.05) is 0 Å². The molecule has 38 heavy (non-hydrogen) atoms. The molecule has 0 radical (unpaired) electrons. The average molecular weight is 514 g/mol. The molecule has 4 rings (SSSR count).